The van der Waals surface area contributed by atoms with E-state index < -0.39 is 10.0 Å². The quantitative estimate of drug-likeness (QED) is 0.758. The molecule has 1 heterocycles. The van der Waals surface area contributed by atoms with Crippen LogP contribution in [0.2, 0.25) is 5.02 Å². The van der Waals surface area contributed by atoms with Crippen molar-refractivity contribution in [3.05, 3.63) is 17.3 Å². The molecule has 2 N–H and O–H groups in total. The number of hydrogen-bond acceptors (Lipinski definition) is 5. The molecule has 0 aliphatic heterocycles. The van der Waals surface area contributed by atoms with E-state index in [1.807, 2.05) is 13.8 Å². The van der Waals surface area contributed by atoms with Crippen molar-refractivity contribution in [1.29, 1.82) is 0 Å². The SMILES string of the molecule is CCC(CC)N(CCO)S(=O)(=O)c1cnc(NC)c(Cl)c1. The Labute approximate surface area is 131 Å². The minimum atomic E-state index is -3.74. The van der Waals surface area contributed by atoms with Gasteiger partial charge in [-0.2, -0.15) is 4.31 Å². The van der Waals surface area contributed by atoms with Crippen LogP contribution in [0, 0.1) is 0 Å². The molecule has 0 spiro atoms. The average molecular weight is 336 g/mol. The Bertz CT molecular complexity index is 562. The lowest BCUT2D eigenvalue weighted by Crippen LogP contribution is -2.41. The van der Waals surface area contributed by atoms with Crippen LogP contribution in [-0.2, 0) is 10.0 Å². The Morgan fingerprint density at radius 3 is 2.48 bits per heavy atom. The highest BCUT2D eigenvalue weighted by Gasteiger charge is 2.30. The molecule has 0 radical (unpaired) electrons. The summed E-state index contributed by atoms with van der Waals surface area (Å²) in [5, 5.41) is 12.2. The fourth-order valence-electron chi connectivity index (χ4n) is 2.17. The van der Waals surface area contributed by atoms with Gasteiger partial charge >= 0.3 is 0 Å². The molecule has 0 aliphatic carbocycles. The molecule has 1 rings (SSSR count). The van der Waals surface area contributed by atoms with Gasteiger partial charge in [0, 0.05) is 25.8 Å². The number of halogens is 1. The number of pyridine rings is 1. The summed E-state index contributed by atoms with van der Waals surface area (Å²) in [5.41, 5.74) is 0. The van der Waals surface area contributed by atoms with Crippen molar-refractivity contribution in [2.24, 2.45) is 0 Å². The molecule has 0 fully saturated rings. The van der Waals surface area contributed by atoms with Crippen molar-refractivity contribution >= 4 is 27.4 Å². The number of nitrogens with one attached hydrogen (secondary N) is 1. The lowest BCUT2D eigenvalue weighted by Gasteiger charge is -2.29. The highest BCUT2D eigenvalue weighted by Crippen LogP contribution is 2.26. The molecule has 0 aliphatic rings. The number of rotatable bonds is 8. The Morgan fingerprint density at radius 2 is 2.05 bits per heavy atom. The second kappa shape index (κ2) is 7.93. The van der Waals surface area contributed by atoms with Crippen LogP contribution >= 0.6 is 11.6 Å². The Balaban J connectivity index is 3.25. The van der Waals surface area contributed by atoms with E-state index in [-0.39, 0.29) is 29.1 Å². The number of anilines is 1. The molecule has 1 aromatic rings. The van der Waals surface area contributed by atoms with Crippen LogP contribution in [0.3, 0.4) is 0 Å². The third kappa shape index (κ3) is 4.06. The van der Waals surface area contributed by atoms with Crippen molar-refractivity contribution in [1.82, 2.24) is 9.29 Å². The zero-order valence-electron chi connectivity index (χ0n) is 12.5. The van der Waals surface area contributed by atoms with Crippen molar-refractivity contribution in [2.75, 3.05) is 25.5 Å². The van der Waals surface area contributed by atoms with Gasteiger partial charge in [-0.15, -0.1) is 0 Å². The minimum absolute atomic E-state index is 0.0341. The van der Waals surface area contributed by atoms with Gasteiger partial charge in [0.25, 0.3) is 0 Å². The predicted octanol–water partition coefficient (Wildman–Crippen LogP) is 1.95. The molecule has 8 heteroatoms. The van der Waals surface area contributed by atoms with Crippen LogP contribution in [0.25, 0.3) is 0 Å². The maximum atomic E-state index is 12.7. The Morgan fingerprint density at radius 1 is 1.43 bits per heavy atom. The Hall–Kier alpha value is -0.890. The van der Waals surface area contributed by atoms with Crippen molar-refractivity contribution < 1.29 is 13.5 Å². The van der Waals surface area contributed by atoms with E-state index in [4.69, 9.17) is 16.7 Å². The third-order valence-electron chi connectivity index (χ3n) is 3.33. The molecule has 6 nitrogen and oxygen atoms in total. The zero-order valence-corrected chi connectivity index (χ0v) is 14.1. The lowest BCUT2D eigenvalue weighted by molar-refractivity contribution is 0.219. The fourth-order valence-corrected chi connectivity index (χ4v) is 4.24. The molecule has 0 atom stereocenters. The molecule has 120 valence electrons. The number of aromatic nitrogens is 1. The zero-order chi connectivity index (χ0) is 16.0. The predicted molar refractivity (Wildman–Crippen MR) is 84.1 cm³/mol. The number of hydrogen-bond donors (Lipinski definition) is 2. The average Bonchev–Trinajstić information content (AvgIpc) is 2.47. The smallest absolute Gasteiger partial charge is 0.244 e. The maximum Gasteiger partial charge on any atom is 0.244 e. The summed E-state index contributed by atoms with van der Waals surface area (Å²) in [6.07, 6.45) is 2.62. The fraction of sp³-hybridized carbons (Fsp3) is 0.615. The van der Waals surface area contributed by atoms with Gasteiger partial charge < -0.3 is 10.4 Å². The van der Waals surface area contributed by atoms with Crippen LogP contribution in [0.4, 0.5) is 5.82 Å². The second-order valence-corrected chi connectivity index (χ2v) is 6.86. The van der Waals surface area contributed by atoms with Gasteiger partial charge in [-0.05, 0) is 18.9 Å². The highest BCUT2D eigenvalue weighted by molar-refractivity contribution is 7.89. The topological polar surface area (TPSA) is 82.5 Å². The first-order valence-electron chi connectivity index (χ1n) is 6.88. The summed E-state index contributed by atoms with van der Waals surface area (Å²) in [6.45, 7) is 3.67. The molecule has 21 heavy (non-hydrogen) atoms. The lowest BCUT2D eigenvalue weighted by atomic mass is 10.2. The van der Waals surface area contributed by atoms with Crippen molar-refractivity contribution in [3.63, 3.8) is 0 Å². The molecule has 0 unspecified atom stereocenters. The van der Waals surface area contributed by atoms with Crippen LogP contribution in [0.5, 0.6) is 0 Å². The third-order valence-corrected chi connectivity index (χ3v) is 5.53. The van der Waals surface area contributed by atoms with Gasteiger partial charge in [-0.3, -0.25) is 0 Å². The van der Waals surface area contributed by atoms with Crippen LogP contribution < -0.4 is 5.32 Å². The standard InChI is InChI=1S/C13H22ClN3O3S/c1-4-10(5-2)17(6-7-18)21(19,20)11-8-12(14)13(15-3)16-9-11/h8-10,18H,4-7H2,1-3H3,(H,15,16). The molecular formula is C13H22ClN3O3S. The maximum absolute atomic E-state index is 12.7. The van der Waals surface area contributed by atoms with Crippen molar-refractivity contribution in [3.8, 4) is 0 Å². The van der Waals surface area contributed by atoms with E-state index >= 15 is 0 Å². The van der Waals surface area contributed by atoms with Gasteiger partial charge in [-0.1, -0.05) is 25.4 Å². The number of nitrogens with zero attached hydrogens (tertiary/aromatic N) is 2. The van der Waals surface area contributed by atoms with E-state index in [0.29, 0.717) is 18.7 Å². The number of aliphatic hydroxyl groups excluding tert-OH is 1. The van der Waals surface area contributed by atoms with E-state index in [0.717, 1.165) is 0 Å². The normalized spacial score (nSPS) is 12.1. The highest BCUT2D eigenvalue weighted by atomic mass is 35.5. The van der Waals surface area contributed by atoms with Gasteiger partial charge in [0.15, 0.2) is 0 Å². The van der Waals surface area contributed by atoms with E-state index in [9.17, 15) is 8.42 Å². The van der Waals surface area contributed by atoms with Crippen LogP contribution in [0.15, 0.2) is 17.2 Å². The van der Waals surface area contributed by atoms with Gasteiger partial charge in [0.1, 0.15) is 10.7 Å². The summed E-state index contributed by atoms with van der Waals surface area (Å²) in [6, 6.07) is 1.22. The minimum Gasteiger partial charge on any atom is -0.395 e. The number of sulfonamides is 1. The molecule has 0 amide bonds. The van der Waals surface area contributed by atoms with E-state index in [1.54, 1.807) is 7.05 Å². The second-order valence-electron chi connectivity index (χ2n) is 4.56. The van der Waals surface area contributed by atoms with E-state index in [2.05, 4.69) is 10.3 Å². The monoisotopic (exact) mass is 335 g/mol. The van der Waals surface area contributed by atoms with Crippen LogP contribution in [-0.4, -0.2) is 49.1 Å². The summed E-state index contributed by atoms with van der Waals surface area (Å²) < 4.78 is 26.8. The molecule has 0 bridgehead atoms. The van der Waals surface area contributed by atoms with Gasteiger partial charge in [0.2, 0.25) is 10.0 Å². The summed E-state index contributed by atoms with van der Waals surface area (Å²) in [4.78, 5) is 4.04. The largest absolute Gasteiger partial charge is 0.395 e. The molecule has 0 aromatic carbocycles. The van der Waals surface area contributed by atoms with Crippen LogP contribution in [0.1, 0.15) is 26.7 Å². The summed E-state index contributed by atoms with van der Waals surface area (Å²) >= 11 is 6.01. The van der Waals surface area contributed by atoms with Gasteiger partial charge in [0.05, 0.1) is 11.6 Å². The summed E-state index contributed by atoms with van der Waals surface area (Å²) in [5.74, 6) is 0.423. The first-order chi connectivity index (χ1) is 9.92. The molecule has 1 aromatic heterocycles. The Kier molecular flexibility index (Phi) is 6.86. The first kappa shape index (κ1) is 18.2. The van der Waals surface area contributed by atoms with E-state index in [1.165, 1.54) is 16.6 Å². The number of aliphatic hydroxyl groups is 1. The molecular weight excluding hydrogens is 314 g/mol. The van der Waals surface area contributed by atoms with Gasteiger partial charge in [-0.25, -0.2) is 13.4 Å². The first-order valence-corrected chi connectivity index (χ1v) is 8.70. The van der Waals surface area contributed by atoms with Crippen molar-refractivity contribution in [2.45, 2.75) is 37.6 Å². The summed E-state index contributed by atoms with van der Waals surface area (Å²) in [7, 11) is -2.08. The molecule has 0 saturated heterocycles. The molecule has 0 saturated carbocycles.